The molecule has 3 aromatic heterocycles. The normalized spacial score (nSPS) is 18.0. The van der Waals surface area contributed by atoms with Crippen molar-refractivity contribution in [2.75, 3.05) is 11.9 Å². The molecule has 0 aliphatic heterocycles. The third kappa shape index (κ3) is 9.05. The number of carbonyl (C=O) groups excluding carboxylic acids is 1. The van der Waals surface area contributed by atoms with Gasteiger partial charge in [0.2, 0.25) is 15.9 Å². The Bertz CT molecular complexity index is 2930. The molecule has 3 heterocycles. The van der Waals surface area contributed by atoms with Crippen LogP contribution in [0, 0.1) is 23.0 Å². The third-order valence-electron chi connectivity index (χ3n) is 11.0. The first kappa shape index (κ1) is 46.4. The number of nitrogens with zero attached hydrogens (tertiary/aromatic N) is 5. The summed E-state index contributed by atoms with van der Waals surface area (Å²) in [4.78, 5) is 36.4. The first-order valence-electron chi connectivity index (χ1n) is 19.6. The largest absolute Gasteiger partial charge is 0.433 e. The second-order valence-electron chi connectivity index (χ2n) is 15.7. The molecule has 8 rings (SSSR count). The van der Waals surface area contributed by atoms with Crippen LogP contribution in [-0.4, -0.2) is 62.7 Å². The maximum atomic E-state index is 15.5. The summed E-state index contributed by atoms with van der Waals surface area (Å²) in [6, 6.07) is 4.40. The zero-order chi connectivity index (χ0) is 47.8. The van der Waals surface area contributed by atoms with E-state index in [9.17, 15) is 57.5 Å². The highest BCUT2D eigenvalue weighted by Crippen LogP contribution is 2.68. The number of benzene rings is 2. The van der Waals surface area contributed by atoms with Crippen LogP contribution in [0.4, 0.5) is 54.0 Å². The Labute approximate surface area is 370 Å². The standard InChI is InChI=1S/C40H31ClF11N9O4S/c41-23-4-5-26(33(55-14-28(44)45)32(23)37(53)59-66(64,65)20-2-3-20)61-30(63)12-24(17-1-6-27(54-13-17)40(50,51)52)57-38(61)25(9-16-7-18(42)10-19(43)8-16)56-29(62)15-60-35-31(34(58-60)36(46)47)21-11-22(21)39(35,48)49/h1,4-8,10,12-13,20-22,25,28,36,55H,2-3,9,11,14-15H2,(H2,53,59)(H,56,62)/t21-,22+,25-/m0/s1. The molecule has 5 aromatic rings. The van der Waals surface area contributed by atoms with Gasteiger partial charge >= 0.3 is 6.18 Å². The number of rotatable bonds is 15. The number of anilines is 1. The zero-order valence-electron chi connectivity index (χ0n) is 33.2. The van der Waals surface area contributed by atoms with Crippen molar-refractivity contribution in [2.24, 2.45) is 5.92 Å². The van der Waals surface area contributed by atoms with E-state index in [1.54, 1.807) is 0 Å². The predicted octanol–water partition coefficient (Wildman–Crippen LogP) is 7.77. The maximum absolute atomic E-state index is 15.5. The average molecular weight is 978 g/mol. The van der Waals surface area contributed by atoms with Gasteiger partial charge in [-0.25, -0.2) is 39.7 Å². The molecule has 2 saturated carbocycles. The Morgan fingerprint density at radius 1 is 1.02 bits per heavy atom. The molecule has 2 fully saturated rings. The molecule has 0 spiro atoms. The Kier molecular flexibility index (Phi) is 11.9. The van der Waals surface area contributed by atoms with Crippen LogP contribution >= 0.6 is 11.6 Å². The molecular formula is C40H31ClF11N9O4S. The van der Waals surface area contributed by atoms with Crippen molar-refractivity contribution in [1.82, 2.24) is 34.4 Å². The lowest BCUT2D eigenvalue weighted by Gasteiger charge is -2.26. The number of sulfonamides is 1. The number of hydrogen-bond acceptors (Lipinski definition) is 9. The van der Waals surface area contributed by atoms with Crippen molar-refractivity contribution in [1.29, 1.82) is 5.41 Å². The van der Waals surface area contributed by atoms with E-state index in [-0.39, 0.29) is 30.4 Å². The number of nitrogens with one attached hydrogen (secondary N) is 4. The van der Waals surface area contributed by atoms with Crippen LogP contribution < -0.4 is 20.9 Å². The topological polar surface area (TPSA) is 177 Å². The summed E-state index contributed by atoms with van der Waals surface area (Å²) < 4.78 is 186. The molecule has 4 N–H and O–H groups in total. The van der Waals surface area contributed by atoms with Gasteiger partial charge in [0, 0.05) is 41.8 Å². The van der Waals surface area contributed by atoms with Crippen LogP contribution in [0.2, 0.25) is 5.02 Å². The van der Waals surface area contributed by atoms with E-state index in [1.807, 2.05) is 4.72 Å². The lowest BCUT2D eigenvalue weighted by molar-refractivity contribution is -0.141. The number of amidine groups is 1. The van der Waals surface area contributed by atoms with Crippen molar-refractivity contribution in [3.8, 4) is 16.9 Å². The maximum Gasteiger partial charge on any atom is 0.433 e. The van der Waals surface area contributed by atoms with E-state index >= 15 is 8.78 Å². The SMILES string of the molecule is N=C(NS(=O)(=O)C1CC1)c1c(Cl)ccc(-n2c([C@H](Cc3cc(F)cc(F)c3)NC(=O)Cn3nc(C(F)F)c4c3C(F)(F)[C@@H]3C[C@H]43)nc(-c3ccc(C(F)(F)F)nc3)cc2=O)c1NCC(F)F. The summed E-state index contributed by atoms with van der Waals surface area (Å²) in [5.74, 6) is -11.2. The number of fused-ring (bicyclic) bond motifs is 3. The van der Waals surface area contributed by atoms with Gasteiger partial charge in [0.15, 0.2) is 0 Å². The summed E-state index contributed by atoms with van der Waals surface area (Å²) in [5, 5.41) is 15.8. The molecule has 13 nitrogen and oxygen atoms in total. The van der Waals surface area contributed by atoms with Gasteiger partial charge in [-0.15, -0.1) is 0 Å². The molecule has 0 radical (unpaired) electrons. The number of carbonyl (C=O) groups is 1. The van der Waals surface area contributed by atoms with Gasteiger partial charge in [0.1, 0.15) is 46.9 Å². The molecule has 3 aliphatic carbocycles. The van der Waals surface area contributed by atoms with Gasteiger partial charge in [0.05, 0.1) is 45.5 Å². The fraction of sp³-hybridized carbons (Fsp3) is 0.350. The highest BCUT2D eigenvalue weighted by molar-refractivity contribution is 7.91. The predicted molar refractivity (Wildman–Crippen MR) is 212 cm³/mol. The monoisotopic (exact) mass is 977 g/mol. The Hall–Kier alpha value is -6.11. The zero-order valence-corrected chi connectivity index (χ0v) is 34.8. The lowest BCUT2D eigenvalue weighted by atomic mass is 10.0. The summed E-state index contributed by atoms with van der Waals surface area (Å²) in [6.45, 7) is -2.41. The molecule has 2 aromatic carbocycles. The number of alkyl halides is 9. The van der Waals surface area contributed by atoms with Crippen LogP contribution in [0.25, 0.3) is 16.9 Å². The van der Waals surface area contributed by atoms with Gasteiger partial charge in [-0.1, -0.05) is 11.6 Å². The molecule has 3 aliphatic rings. The van der Waals surface area contributed by atoms with E-state index in [0.29, 0.717) is 27.6 Å². The van der Waals surface area contributed by atoms with Crippen molar-refractivity contribution >= 4 is 39.1 Å². The molecule has 3 atom stereocenters. The Morgan fingerprint density at radius 2 is 1.71 bits per heavy atom. The molecule has 0 unspecified atom stereocenters. The molecule has 0 saturated heterocycles. The number of halogens is 12. The first-order valence-corrected chi connectivity index (χ1v) is 21.5. The van der Waals surface area contributed by atoms with E-state index in [1.165, 1.54) is 0 Å². The second-order valence-corrected chi connectivity index (χ2v) is 18.1. The number of aromatic nitrogens is 5. The van der Waals surface area contributed by atoms with E-state index in [0.717, 1.165) is 36.4 Å². The van der Waals surface area contributed by atoms with Crippen molar-refractivity contribution < 1.29 is 61.5 Å². The van der Waals surface area contributed by atoms with Gasteiger partial charge in [-0.3, -0.25) is 34.0 Å². The molecule has 26 heteroatoms. The lowest BCUT2D eigenvalue weighted by Crippen LogP contribution is -2.38. The quantitative estimate of drug-likeness (QED) is 0.0467. The van der Waals surface area contributed by atoms with Crippen LogP contribution in [0.3, 0.4) is 0 Å². The molecular weight excluding hydrogens is 947 g/mol. The van der Waals surface area contributed by atoms with Gasteiger partial charge in [0.25, 0.3) is 24.3 Å². The van der Waals surface area contributed by atoms with Crippen LogP contribution in [0.5, 0.6) is 0 Å². The third-order valence-corrected chi connectivity index (χ3v) is 13.2. The Morgan fingerprint density at radius 3 is 2.32 bits per heavy atom. The summed E-state index contributed by atoms with van der Waals surface area (Å²) in [5.41, 5.74) is -7.58. The number of amides is 1. The van der Waals surface area contributed by atoms with Crippen LogP contribution in [0.15, 0.2) is 59.5 Å². The van der Waals surface area contributed by atoms with E-state index in [2.05, 4.69) is 25.7 Å². The molecule has 66 heavy (non-hydrogen) atoms. The van der Waals surface area contributed by atoms with E-state index < -0.39 is 163 Å². The second kappa shape index (κ2) is 17.0. The van der Waals surface area contributed by atoms with Gasteiger partial charge in [-0.05, 0) is 67.1 Å². The van der Waals surface area contributed by atoms with E-state index in [4.69, 9.17) is 17.0 Å². The minimum Gasteiger partial charge on any atom is -0.377 e. The first-order chi connectivity index (χ1) is 30.9. The van der Waals surface area contributed by atoms with Crippen molar-refractivity contribution in [3.05, 3.63) is 121 Å². The van der Waals surface area contributed by atoms with Crippen LogP contribution in [0.1, 0.15) is 77.2 Å². The number of pyridine rings is 1. The van der Waals surface area contributed by atoms with Crippen molar-refractivity contribution in [2.45, 2.75) is 74.4 Å². The number of hydrogen-bond donors (Lipinski definition) is 4. The van der Waals surface area contributed by atoms with Gasteiger partial charge < -0.3 is 10.6 Å². The minimum absolute atomic E-state index is 0.107. The molecule has 350 valence electrons. The average Bonchev–Trinajstić information content (AvgIpc) is 4.15. The molecule has 0 bridgehead atoms. The smallest absolute Gasteiger partial charge is 0.377 e. The summed E-state index contributed by atoms with van der Waals surface area (Å²) in [7, 11) is -4.22. The highest BCUT2D eigenvalue weighted by Gasteiger charge is 2.67. The fourth-order valence-electron chi connectivity index (χ4n) is 7.97. The Balaban J connectivity index is 1.32. The summed E-state index contributed by atoms with van der Waals surface area (Å²) >= 11 is 6.46. The van der Waals surface area contributed by atoms with Crippen LogP contribution in [-0.2, 0) is 39.9 Å². The minimum atomic E-state index is -4.92. The van der Waals surface area contributed by atoms with Crippen molar-refractivity contribution in [3.63, 3.8) is 0 Å². The van der Waals surface area contributed by atoms with Gasteiger partial charge in [-0.2, -0.15) is 27.1 Å². The molecule has 1 amide bonds. The summed E-state index contributed by atoms with van der Waals surface area (Å²) in [6.07, 6.45) is -11.1. The highest BCUT2D eigenvalue weighted by atomic mass is 35.5. The fourth-order valence-corrected chi connectivity index (χ4v) is 9.53.